The van der Waals surface area contributed by atoms with Gasteiger partial charge in [0, 0.05) is 43.8 Å². The quantitative estimate of drug-likeness (QED) is 0.732. The van der Waals surface area contributed by atoms with Gasteiger partial charge in [-0.05, 0) is 27.2 Å². The lowest BCUT2D eigenvalue weighted by molar-refractivity contribution is 0.0566. The van der Waals surface area contributed by atoms with Gasteiger partial charge in [-0.3, -0.25) is 9.80 Å². The summed E-state index contributed by atoms with van der Waals surface area (Å²) < 4.78 is 30.2. The van der Waals surface area contributed by atoms with Gasteiger partial charge in [0.05, 0.1) is 11.5 Å². The molecular weight excluding hydrogens is 338 g/mol. The summed E-state index contributed by atoms with van der Waals surface area (Å²) in [5.74, 6) is 1.46. The minimum absolute atomic E-state index is 0.0820. The van der Waals surface area contributed by atoms with Gasteiger partial charge in [0.25, 0.3) is 0 Å². The Morgan fingerprint density at radius 1 is 1.16 bits per heavy atom. The fourth-order valence-electron chi connectivity index (χ4n) is 3.73. The summed E-state index contributed by atoms with van der Waals surface area (Å²) >= 11 is 0. The number of likely N-dealkylation sites (N-methyl/N-ethyl adjacent to an activating group) is 2. The topological polar surface area (TPSA) is 53.1 Å². The summed E-state index contributed by atoms with van der Waals surface area (Å²) in [7, 11) is 3.15. The van der Waals surface area contributed by atoms with E-state index in [2.05, 4.69) is 20.8 Å². The Morgan fingerprint density at radius 2 is 1.88 bits per heavy atom. The lowest BCUT2D eigenvalue weighted by atomic mass is 10.0. The number of hydrogen-bond donors (Lipinski definition) is 0. The maximum absolute atomic E-state index is 12.1. The molecule has 0 unspecified atom stereocenters. The van der Waals surface area contributed by atoms with Crippen LogP contribution in [-0.4, -0.2) is 94.1 Å². The van der Waals surface area contributed by atoms with Crippen molar-refractivity contribution in [2.75, 3.05) is 58.9 Å². The molecule has 0 N–H and O–H groups in total. The molecular formula is C18H29N3O3S. The molecule has 0 aliphatic carbocycles. The third-order valence-corrected chi connectivity index (χ3v) is 6.91. The number of benzene rings is 1. The van der Waals surface area contributed by atoms with Crippen LogP contribution < -0.4 is 4.74 Å². The van der Waals surface area contributed by atoms with Gasteiger partial charge in [0.2, 0.25) is 0 Å². The molecule has 0 aromatic heterocycles. The van der Waals surface area contributed by atoms with E-state index in [9.17, 15) is 8.42 Å². The normalized spacial score (nSPS) is 26.7. The highest BCUT2D eigenvalue weighted by molar-refractivity contribution is 7.91. The molecule has 6 nitrogen and oxygen atoms in total. The third kappa shape index (κ3) is 4.53. The second kappa shape index (κ2) is 7.61. The molecule has 2 fully saturated rings. The van der Waals surface area contributed by atoms with Crippen molar-refractivity contribution in [3.63, 3.8) is 0 Å². The molecule has 2 saturated heterocycles. The summed E-state index contributed by atoms with van der Waals surface area (Å²) in [6, 6.07) is 8.29. The minimum Gasteiger partial charge on any atom is -0.492 e. The number of nitrogens with zero attached hydrogens (tertiary/aromatic N) is 3. The molecule has 7 heteroatoms. The van der Waals surface area contributed by atoms with Crippen molar-refractivity contribution in [2.24, 2.45) is 0 Å². The molecule has 140 valence electrons. The first-order valence-electron chi connectivity index (χ1n) is 8.86. The number of fused-ring (bicyclic) bond motifs is 1. The monoisotopic (exact) mass is 367 g/mol. The van der Waals surface area contributed by atoms with Crippen molar-refractivity contribution in [2.45, 2.75) is 18.6 Å². The first kappa shape index (κ1) is 18.6. The molecule has 3 rings (SSSR count). The number of ether oxygens (including phenoxy) is 1. The van der Waals surface area contributed by atoms with Gasteiger partial charge in [-0.2, -0.15) is 0 Å². The van der Waals surface area contributed by atoms with Gasteiger partial charge >= 0.3 is 0 Å². The maximum Gasteiger partial charge on any atom is 0.153 e. The smallest absolute Gasteiger partial charge is 0.153 e. The Balaban J connectivity index is 1.71. The molecule has 0 amide bonds. The van der Waals surface area contributed by atoms with E-state index in [1.54, 1.807) is 0 Å². The molecule has 0 spiro atoms. The lowest BCUT2D eigenvalue weighted by Crippen LogP contribution is -2.57. The third-order valence-electron chi connectivity index (χ3n) is 5.21. The summed E-state index contributed by atoms with van der Waals surface area (Å²) in [6.07, 6.45) is 0. The maximum atomic E-state index is 12.1. The predicted molar refractivity (Wildman–Crippen MR) is 99.8 cm³/mol. The number of rotatable bonds is 6. The molecule has 0 radical (unpaired) electrons. The van der Waals surface area contributed by atoms with Crippen molar-refractivity contribution in [3.8, 4) is 5.75 Å². The highest BCUT2D eigenvalue weighted by Gasteiger charge is 2.45. The largest absolute Gasteiger partial charge is 0.492 e. The Bertz CT molecular complexity index is 693. The SMILES string of the molecule is CN(C)CCOc1ccccc1CN1CCN(C)[C@@H]2CS(=O)(=O)C[C@@H]21. The molecule has 0 bridgehead atoms. The highest BCUT2D eigenvalue weighted by Crippen LogP contribution is 2.29. The Labute approximate surface area is 151 Å². The van der Waals surface area contributed by atoms with Crippen LogP contribution in [-0.2, 0) is 16.4 Å². The summed E-state index contributed by atoms with van der Waals surface area (Å²) in [4.78, 5) is 6.62. The lowest BCUT2D eigenvalue weighted by Gasteiger charge is -2.42. The van der Waals surface area contributed by atoms with E-state index in [4.69, 9.17) is 4.74 Å². The van der Waals surface area contributed by atoms with E-state index in [-0.39, 0.29) is 23.6 Å². The number of piperazine rings is 1. The van der Waals surface area contributed by atoms with E-state index >= 15 is 0 Å². The van der Waals surface area contributed by atoms with Crippen molar-refractivity contribution in [3.05, 3.63) is 29.8 Å². The molecule has 2 atom stereocenters. The van der Waals surface area contributed by atoms with Crippen LogP contribution in [0.15, 0.2) is 24.3 Å². The fraction of sp³-hybridized carbons (Fsp3) is 0.667. The van der Waals surface area contributed by atoms with Crippen LogP contribution in [0.4, 0.5) is 0 Å². The molecule has 2 aliphatic rings. The van der Waals surface area contributed by atoms with E-state index in [1.807, 2.05) is 39.3 Å². The van der Waals surface area contributed by atoms with E-state index in [0.29, 0.717) is 6.61 Å². The van der Waals surface area contributed by atoms with Crippen LogP contribution in [0, 0.1) is 0 Å². The standard InChI is InChI=1S/C18H29N3O3S/c1-19(2)10-11-24-18-7-5-4-6-15(18)12-21-9-8-20(3)16-13-25(22,23)14-17(16)21/h4-7,16-17H,8-14H2,1-3H3/t16-,17+/m1/s1. The van der Waals surface area contributed by atoms with Crippen LogP contribution >= 0.6 is 0 Å². The zero-order valence-electron chi connectivity index (χ0n) is 15.4. The van der Waals surface area contributed by atoms with Crippen molar-refractivity contribution in [1.82, 2.24) is 14.7 Å². The van der Waals surface area contributed by atoms with Crippen molar-refractivity contribution in [1.29, 1.82) is 0 Å². The van der Waals surface area contributed by atoms with Gasteiger partial charge in [0.15, 0.2) is 9.84 Å². The van der Waals surface area contributed by atoms with Crippen LogP contribution in [0.25, 0.3) is 0 Å². The molecule has 2 aliphatic heterocycles. The van der Waals surface area contributed by atoms with Gasteiger partial charge in [-0.25, -0.2) is 8.42 Å². The molecule has 2 heterocycles. The summed E-state index contributed by atoms with van der Waals surface area (Å²) in [5, 5.41) is 0. The fourth-order valence-corrected chi connectivity index (χ4v) is 5.81. The molecule has 0 saturated carbocycles. The van der Waals surface area contributed by atoms with Gasteiger partial charge < -0.3 is 9.64 Å². The van der Waals surface area contributed by atoms with Crippen LogP contribution in [0.3, 0.4) is 0 Å². The molecule has 25 heavy (non-hydrogen) atoms. The first-order valence-corrected chi connectivity index (χ1v) is 10.7. The number of sulfone groups is 1. The average Bonchev–Trinajstić information content (AvgIpc) is 2.88. The predicted octanol–water partition coefficient (Wildman–Crippen LogP) is 0.540. The summed E-state index contributed by atoms with van der Waals surface area (Å²) in [5.41, 5.74) is 1.13. The zero-order valence-corrected chi connectivity index (χ0v) is 16.2. The summed E-state index contributed by atoms with van der Waals surface area (Å²) in [6.45, 7) is 4.04. The molecule has 1 aromatic rings. The first-order chi connectivity index (χ1) is 11.9. The van der Waals surface area contributed by atoms with Crippen LogP contribution in [0.1, 0.15) is 5.56 Å². The van der Waals surface area contributed by atoms with Crippen LogP contribution in [0.5, 0.6) is 5.75 Å². The second-order valence-corrected chi connectivity index (χ2v) is 9.58. The van der Waals surface area contributed by atoms with E-state index in [0.717, 1.165) is 37.5 Å². The Morgan fingerprint density at radius 3 is 2.64 bits per heavy atom. The van der Waals surface area contributed by atoms with Gasteiger partial charge in [-0.15, -0.1) is 0 Å². The van der Waals surface area contributed by atoms with Crippen LogP contribution in [0.2, 0.25) is 0 Å². The van der Waals surface area contributed by atoms with Crippen molar-refractivity contribution < 1.29 is 13.2 Å². The highest BCUT2D eigenvalue weighted by atomic mass is 32.2. The van der Waals surface area contributed by atoms with Gasteiger partial charge in [-0.1, -0.05) is 18.2 Å². The minimum atomic E-state index is -2.94. The Kier molecular flexibility index (Phi) is 5.68. The zero-order chi connectivity index (χ0) is 18.0. The second-order valence-electron chi connectivity index (χ2n) is 7.42. The van der Waals surface area contributed by atoms with Crippen molar-refractivity contribution >= 4 is 9.84 Å². The van der Waals surface area contributed by atoms with E-state index < -0.39 is 9.84 Å². The average molecular weight is 368 g/mol. The molecule has 1 aromatic carbocycles. The Hall–Kier alpha value is -1.15. The van der Waals surface area contributed by atoms with Gasteiger partial charge in [0.1, 0.15) is 12.4 Å². The van der Waals surface area contributed by atoms with E-state index in [1.165, 1.54) is 0 Å². The number of hydrogen-bond acceptors (Lipinski definition) is 6. The number of para-hydroxylation sites is 1.